The number of rotatable bonds is 6. The highest BCUT2D eigenvalue weighted by Crippen LogP contribution is 2.21. The zero-order valence-corrected chi connectivity index (χ0v) is 12.4. The van der Waals surface area contributed by atoms with Crippen molar-refractivity contribution in [2.45, 2.75) is 38.2 Å². The number of carbonyl (C=O) groups is 1. The summed E-state index contributed by atoms with van der Waals surface area (Å²) in [5.41, 5.74) is 1.18. The van der Waals surface area contributed by atoms with Gasteiger partial charge in [-0.1, -0.05) is 6.08 Å². The molecular formula is C15H26N2O3. The summed E-state index contributed by atoms with van der Waals surface area (Å²) in [6.07, 6.45) is 7.59. The number of carbonyl (C=O) groups excluding carboxylic acids is 1. The van der Waals surface area contributed by atoms with Gasteiger partial charge in [0.1, 0.15) is 0 Å². The number of hydrogen-bond donors (Lipinski definition) is 1. The van der Waals surface area contributed by atoms with Crippen LogP contribution in [0.25, 0.3) is 0 Å². The van der Waals surface area contributed by atoms with Crippen molar-refractivity contribution in [3.8, 4) is 0 Å². The lowest BCUT2D eigenvalue weighted by Crippen LogP contribution is -2.43. The SMILES string of the molecule is CN(C(=O)CN1CCC(OCCO)CC1)C1=CCCC1. The number of ether oxygens (including phenoxy) is 1. The molecule has 0 spiro atoms. The van der Waals surface area contributed by atoms with Crippen LogP contribution in [-0.4, -0.2) is 66.8 Å². The van der Waals surface area contributed by atoms with Crippen LogP contribution in [0.1, 0.15) is 32.1 Å². The molecule has 0 aromatic heterocycles. The predicted octanol–water partition coefficient (Wildman–Crippen LogP) is 0.986. The van der Waals surface area contributed by atoms with Gasteiger partial charge in [-0.25, -0.2) is 0 Å². The van der Waals surface area contributed by atoms with Crippen molar-refractivity contribution in [3.05, 3.63) is 11.8 Å². The van der Waals surface area contributed by atoms with Crippen molar-refractivity contribution in [2.75, 3.05) is 39.9 Å². The van der Waals surface area contributed by atoms with E-state index in [0.717, 1.165) is 38.8 Å². The lowest BCUT2D eigenvalue weighted by molar-refractivity contribution is -0.130. The van der Waals surface area contributed by atoms with Gasteiger partial charge in [-0.05, 0) is 32.1 Å². The van der Waals surface area contributed by atoms with Crippen LogP contribution in [0.3, 0.4) is 0 Å². The number of likely N-dealkylation sites (N-methyl/N-ethyl adjacent to an activating group) is 1. The van der Waals surface area contributed by atoms with E-state index in [0.29, 0.717) is 13.2 Å². The third-order valence-electron chi connectivity index (χ3n) is 4.16. The molecule has 0 saturated carbocycles. The minimum atomic E-state index is 0.0820. The van der Waals surface area contributed by atoms with Crippen molar-refractivity contribution in [2.24, 2.45) is 0 Å². The van der Waals surface area contributed by atoms with Crippen LogP contribution in [0.5, 0.6) is 0 Å². The molecule has 1 N–H and O–H groups in total. The van der Waals surface area contributed by atoms with Crippen LogP contribution in [0.4, 0.5) is 0 Å². The second-order valence-corrected chi connectivity index (χ2v) is 5.61. The van der Waals surface area contributed by atoms with Crippen molar-refractivity contribution in [3.63, 3.8) is 0 Å². The lowest BCUT2D eigenvalue weighted by Gasteiger charge is -2.32. The summed E-state index contributed by atoms with van der Waals surface area (Å²) in [4.78, 5) is 16.3. The molecular weight excluding hydrogens is 256 g/mol. The summed E-state index contributed by atoms with van der Waals surface area (Å²) < 4.78 is 5.53. The van der Waals surface area contributed by atoms with E-state index >= 15 is 0 Å². The predicted molar refractivity (Wildman–Crippen MR) is 77.2 cm³/mol. The van der Waals surface area contributed by atoms with Crippen LogP contribution < -0.4 is 0 Å². The smallest absolute Gasteiger partial charge is 0.240 e. The molecule has 1 saturated heterocycles. The highest BCUT2D eigenvalue weighted by atomic mass is 16.5. The highest BCUT2D eigenvalue weighted by Gasteiger charge is 2.23. The first kappa shape index (κ1) is 15.5. The third kappa shape index (κ3) is 4.30. The molecule has 0 unspecified atom stereocenters. The van der Waals surface area contributed by atoms with Crippen molar-refractivity contribution in [1.82, 2.24) is 9.80 Å². The van der Waals surface area contributed by atoms with Gasteiger partial charge in [0.15, 0.2) is 0 Å². The molecule has 1 fully saturated rings. The Hall–Kier alpha value is -0.910. The Morgan fingerprint density at radius 3 is 2.85 bits per heavy atom. The zero-order valence-electron chi connectivity index (χ0n) is 12.4. The van der Waals surface area contributed by atoms with Crippen molar-refractivity contribution < 1.29 is 14.6 Å². The lowest BCUT2D eigenvalue weighted by atomic mass is 10.1. The first-order valence-corrected chi connectivity index (χ1v) is 7.61. The van der Waals surface area contributed by atoms with Crippen LogP contribution in [-0.2, 0) is 9.53 Å². The van der Waals surface area contributed by atoms with Gasteiger partial charge in [-0.3, -0.25) is 9.69 Å². The zero-order chi connectivity index (χ0) is 14.4. The first-order chi connectivity index (χ1) is 9.70. The van der Waals surface area contributed by atoms with Gasteiger partial charge >= 0.3 is 0 Å². The normalized spacial score (nSPS) is 21.0. The van der Waals surface area contributed by atoms with E-state index in [9.17, 15) is 4.79 Å². The molecule has 0 aromatic rings. The van der Waals surface area contributed by atoms with Gasteiger partial charge in [0, 0.05) is 25.8 Å². The Bertz CT molecular complexity index is 349. The Morgan fingerprint density at radius 2 is 2.25 bits per heavy atom. The topological polar surface area (TPSA) is 53.0 Å². The molecule has 0 bridgehead atoms. The number of allylic oxidation sites excluding steroid dienone is 2. The van der Waals surface area contributed by atoms with Gasteiger partial charge < -0.3 is 14.7 Å². The van der Waals surface area contributed by atoms with Gasteiger partial charge in [0.25, 0.3) is 0 Å². The van der Waals surface area contributed by atoms with Crippen LogP contribution in [0.2, 0.25) is 0 Å². The van der Waals surface area contributed by atoms with E-state index < -0.39 is 0 Å². The second-order valence-electron chi connectivity index (χ2n) is 5.61. The Balaban J connectivity index is 1.70. The standard InChI is InChI=1S/C15H26N2O3/c1-16(13-4-2-3-5-13)15(19)12-17-8-6-14(7-9-17)20-11-10-18/h4,14,18H,2-3,5-12H2,1H3. The van der Waals surface area contributed by atoms with E-state index in [1.807, 2.05) is 11.9 Å². The summed E-state index contributed by atoms with van der Waals surface area (Å²) in [5.74, 6) is 0.188. The van der Waals surface area contributed by atoms with Crippen LogP contribution in [0, 0.1) is 0 Å². The number of piperidine rings is 1. The minimum absolute atomic E-state index is 0.0820. The molecule has 1 aliphatic carbocycles. The number of amides is 1. The van der Waals surface area contributed by atoms with Gasteiger partial charge in [-0.2, -0.15) is 0 Å². The van der Waals surface area contributed by atoms with Crippen LogP contribution >= 0.6 is 0 Å². The maximum absolute atomic E-state index is 12.2. The summed E-state index contributed by atoms with van der Waals surface area (Å²) >= 11 is 0. The first-order valence-electron chi connectivity index (χ1n) is 7.61. The number of aliphatic hydroxyl groups is 1. The van der Waals surface area contributed by atoms with Gasteiger partial charge in [0.2, 0.25) is 5.91 Å². The molecule has 0 radical (unpaired) electrons. The van der Waals surface area contributed by atoms with E-state index in [-0.39, 0.29) is 18.6 Å². The summed E-state index contributed by atoms with van der Waals surface area (Å²) in [5, 5.41) is 8.74. The fourth-order valence-corrected chi connectivity index (χ4v) is 2.87. The molecule has 20 heavy (non-hydrogen) atoms. The van der Waals surface area contributed by atoms with Gasteiger partial charge in [0.05, 0.1) is 25.9 Å². The minimum Gasteiger partial charge on any atom is -0.394 e. The maximum atomic E-state index is 12.2. The van der Waals surface area contributed by atoms with E-state index in [2.05, 4.69) is 11.0 Å². The molecule has 5 heteroatoms. The molecule has 2 aliphatic rings. The molecule has 2 rings (SSSR count). The largest absolute Gasteiger partial charge is 0.394 e. The van der Waals surface area contributed by atoms with Gasteiger partial charge in [-0.15, -0.1) is 0 Å². The van der Waals surface area contributed by atoms with E-state index in [1.165, 1.54) is 12.1 Å². The number of nitrogens with zero attached hydrogens (tertiary/aromatic N) is 2. The molecule has 1 aliphatic heterocycles. The quantitative estimate of drug-likeness (QED) is 0.789. The highest BCUT2D eigenvalue weighted by molar-refractivity contribution is 5.79. The fourth-order valence-electron chi connectivity index (χ4n) is 2.87. The van der Waals surface area contributed by atoms with E-state index in [4.69, 9.17) is 9.84 Å². The Morgan fingerprint density at radius 1 is 1.50 bits per heavy atom. The third-order valence-corrected chi connectivity index (χ3v) is 4.16. The fraction of sp³-hybridized carbons (Fsp3) is 0.800. The summed E-state index contributed by atoms with van der Waals surface area (Å²) in [7, 11) is 1.89. The van der Waals surface area contributed by atoms with Crippen molar-refractivity contribution >= 4 is 5.91 Å². The monoisotopic (exact) mass is 282 g/mol. The summed E-state index contributed by atoms with van der Waals surface area (Å²) in [6, 6.07) is 0. The number of likely N-dealkylation sites (tertiary alicyclic amines) is 1. The molecule has 0 aromatic carbocycles. The van der Waals surface area contributed by atoms with Crippen molar-refractivity contribution in [1.29, 1.82) is 0 Å². The summed E-state index contributed by atoms with van der Waals surface area (Å²) in [6.45, 7) is 2.79. The Kier molecular flexibility index (Phi) is 6.01. The maximum Gasteiger partial charge on any atom is 0.240 e. The molecule has 0 atom stereocenters. The average Bonchev–Trinajstić information content (AvgIpc) is 3.00. The van der Waals surface area contributed by atoms with Crippen LogP contribution in [0.15, 0.2) is 11.8 Å². The number of hydrogen-bond acceptors (Lipinski definition) is 4. The Labute approximate surface area is 121 Å². The second kappa shape index (κ2) is 7.76. The molecule has 5 nitrogen and oxygen atoms in total. The van der Waals surface area contributed by atoms with E-state index in [1.54, 1.807) is 0 Å². The number of aliphatic hydroxyl groups excluding tert-OH is 1. The average molecular weight is 282 g/mol. The molecule has 1 amide bonds. The molecule has 114 valence electrons. The molecule has 1 heterocycles.